The highest BCUT2D eigenvalue weighted by molar-refractivity contribution is 7.19. The molecular formula is C17H15F2NS. The van der Waals surface area contributed by atoms with Crippen molar-refractivity contribution in [3.63, 3.8) is 0 Å². The number of halogens is 2. The van der Waals surface area contributed by atoms with Crippen LogP contribution in [-0.4, -0.2) is 7.05 Å². The summed E-state index contributed by atoms with van der Waals surface area (Å²) in [6.45, 7) is 1.75. The molecule has 4 heteroatoms. The van der Waals surface area contributed by atoms with Crippen LogP contribution in [0.25, 0.3) is 10.1 Å². The lowest BCUT2D eigenvalue weighted by atomic mass is 10.0. The van der Waals surface area contributed by atoms with E-state index in [-0.39, 0.29) is 17.7 Å². The Hall–Kier alpha value is -1.78. The van der Waals surface area contributed by atoms with Crippen molar-refractivity contribution in [2.75, 3.05) is 7.05 Å². The largest absolute Gasteiger partial charge is 0.309 e. The van der Waals surface area contributed by atoms with Crippen LogP contribution in [0.4, 0.5) is 8.78 Å². The third kappa shape index (κ3) is 2.69. The minimum atomic E-state index is -0.238. The van der Waals surface area contributed by atoms with Gasteiger partial charge in [0, 0.05) is 9.58 Å². The fourth-order valence-corrected chi connectivity index (χ4v) is 3.66. The van der Waals surface area contributed by atoms with Gasteiger partial charge in [0.25, 0.3) is 0 Å². The van der Waals surface area contributed by atoms with Crippen LogP contribution in [0.5, 0.6) is 0 Å². The van der Waals surface area contributed by atoms with Gasteiger partial charge in [-0.3, -0.25) is 0 Å². The number of hydrogen-bond acceptors (Lipinski definition) is 2. The molecule has 0 amide bonds. The van der Waals surface area contributed by atoms with Crippen molar-refractivity contribution in [2.45, 2.75) is 13.0 Å². The number of thiophene rings is 1. The second kappa shape index (κ2) is 5.54. The number of fused-ring (bicyclic) bond motifs is 1. The van der Waals surface area contributed by atoms with E-state index in [1.807, 2.05) is 19.2 Å². The lowest BCUT2D eigenvalue weighted by Crippen LogP contribution is -2.16. The van der Waals surface area contributed by atoms with Gasteiger partial charge in [0.15, 0.2) is 0 Å². The van der Waals surface area contributed by atoms with Crippen molar-refractivity contribution in [3.05, 3.63) is 70.1 Å². The minimum Gasteiger partial charge on any atom is -0.309 e. The predicted octanol–water partition coefficient (Wildman–Crippen LogP) is 4.80. The average Bonchev–Trinajstić information content (AvgIpc) is 2.86. The van der Waals surface area contributed by atoms with Gasteiger partial charge < -0.3 is 5.32 Å². The maximum absolute atomic E-state index is 13.8. The third-order valence-electron chi connectivity index (χ3n) is 3.60. The Morgan fingerprint density at radius 2 is 1.86 bits per heavy atom. The second-order valence-electron chi connectivity index (χ2n) is 5.06. The maximum Gasteiger partial charge on any atom is 0.126 e. The van der Waals surface area contributed by atoms with Gasteiger partial charge in [0.05, 0.1) is 6.04 Å². The van der Waals surface area contributed by atoms with Crippen LogP contribution in [0.3, 0.4) is 0 Å². The van der Waals surface area contributed by atoms with Gasteiger partial charge in [0.1, 0.15) is 11.6 Å². The molecule has 0 bridgehead atoms. The number of benzene rings is 2. The van der Waals surface area contributed by atoms with Crippen molar-refractivity contribution in [1.29, 1.82) is 0 Å². The summed E-state index contributed by atoms with van der Waals surface area (Å²) < 4.78 is 28.0. The van der Waals surface area contributed by atoms with Crippen LogP contribution in [0, 0.1) is 18.6 Å². The van der Waals surface area contributed by atoms with Crippen LogP contribution < -0.4 is 5.32 Å². The van der Waals surface area contributed by atoms with Gasteiger partial charge in [-0.2, -0.15) is 0 Å². The molecule has 0 saturated carbocycles. The first-order valence-electron chi connectivity index (χ1n) is 6.71. The summed E-state index contributed by atoms with van der Waals surface area (Å²) >= 11 is 1.52. The van der Waals surface area contributed by atoms with E-state index in [0.717, 1.165) is 20.5 Å². The van der Waals surface area contributed by atoms with E-state index in [1.54, 1.807) is 25.1 Å². The quantitative estimate of drug-likeness (QED) is 0.733. The van der Waals surface area contributed by atoms with Crippen LogP contribution in [0.1, 0.15) is 22.0 Å². The number of nitrogens with one attached hydrogen (secondary N) is 1. The molecule has 108 valence electrons. The molecule has 1 heterocycles. The highest BCUT2D eigenvalue weighted by atomic mass is 32.1. The van der Waals surface area contributed by atoms with Crippen molar-refractivity contribution < 1.29 is 8.78 Å². The Kier molecular flexibility index (Phi) is 3.74. The normalized spacial score (nSPS) is 12.8. The number of rotatable bonds is 3. The molecule has 1 N–H and O–H groups in total. The Morgan fingerprint density at radius 3 is 2.57 bits per heavy atom. The maximum atomic E-state index is 13.8. The van der Waals surface area contributed by atoms with Crippen molar-refractivity contribution in [2.24, 2.45) is 0 Å². The number of hydrogen-bond donors (Lipinski definition) is 1. The highest BCUT2D eigenvalue weighted by Crippen LogP contribution is 2.33. The topological polar surface area (TPSA) is 12.0 Å². The Labute approximate surface area is 126 Å². The molecule has 21 heavy (non-hydrogen) atoms. The van der Waals surface area contributed by atoms with E-state index < -0.39 is 0 Å². The van der Waals surface area contributed by atoms with Gasteiger partial charge in [-0.1, -0.05) is 18.2 Å². The van der Waals surface area contributed by atoms with E-state index >= 15 is 0 Å². The molecule has 0 aliphatic rings. The summed E-state index contributed by atoms with van der Waals surface area (Å²) in [5.41, 5.74) is 1.50. The van der Waals surface area contributed by atoms with Crippen LogP contribution >= 0.6 is 11.3 Å². The molecule has 3 rings (SSSR count). The molecule has 0 fully saturated rings. The molecule has 0 spiro atoms. The van der Waals surface area contributed by atoms with E-state index in [4.69, 9.17) is 0 Å². The van der Waals surface area contributed by atoms with Crippen LogP contribution in [0.15, 0.2) is 42.5 Å². The fourth-order valence-electron chi connectivity index (χ4n) is 2.43. The summed E-state index contributed by atoms with van der Waals surface area (Å²) in [7, 11) is 1.84. The summed E-state index contributed by atoms with van der Waals surface area (Å²) in [6.07, 6.45) is 0. The van der Waals surface area contributed by atoms with Gasteiger partial charge in [-0.15, -0.1) is 11.3 Å². The molecular weight excluding hydrogens is 288 g/mol. The SMILES string of the molecule is CNC(c1ccc(C)c(F)c1)c1cc2ccc(F)cc2s1. The zero-order valence-corrected chi connectivity index (χ0v) is 12.6. The minimum absolute atomic E-state index is 0.0967. The molecule has 1 nitrogen and oxygen atoms in total. The van der Waals surface area contributed by atoms with Gasteiger partial charge in [-0.25, -0.2) is 8.78 Å². The lowest BCUT2D eigenvalue weighted by Gasteiger charge is -2.15. The molecule has 1 unspecified atom stereocenters. The lowest BCUT2D eigenvalue weighted by molar-refractivity contribution is 0.609. The predicted molar refractivity (Wildman–Crippen MR) is 83.8 cm³/mol. The summed E-state index contributed by atoms with van der Waals surface area (Å²) in [5.74, 6) is -0.446. The van der Waals surface area contributed by atoms with Gasteiger partial charge in [0.2, 0.25) is 0 Å². The zero-order chi connectivity index (χ0) is 15.0. The first-order chi connectivity index (χ1) is 10.1. The molecule has 0 aliphatic heterocycles. The van der Waals surface area contributed by atoms with E-state index in [1.165, 1.54) is 23.5 Å². The molecule has 3 aromatic rings. The molecule has 1 atom stereocenters. The van der Waals surface area contributed by atoms with E-state index in [9.17, 15) is 8.78 Å². The van der Waals surface area contributed by atoms with Crippen LogP contribution in [0.2, 0.25) is 0 Å². The highest BCUT2D eigenvalue weighted by Gasteiger charge is 2.16. The molecule has 0 radical (unpaired) electrons. The summed E-state index contributed by atoms with van der Waals surface area (Å²) in [5, 5.41) is 4.21. The first-order valence-corrected chi connectivity index (χ1v) is 7.52. The smallest absolute Gasteiger partial charge is 0.126 e. The summed E-state index contributed by atoms with van der Waals surface area (Å²) in [6, 6.07) is 11.9. The van der Waals surface area contributed by atoms with Crippen molar-refractivity contribution >= 4 is 21.4 Å². The molecule has 2 aromatic carbocycles. The molecule has 0 aliphatic carbocycles. The van der Waals surface area contributed by atoms with Crippen LogP contribution in [-0.2, 0) is 0 Å². The zero-order valence-electron chi connectivity index (χ0n) is 11.8. The standard InChI is InChI=1S/C17H15F2NS/c1-10-3-4-12(7-14(10)19)17(20-2)16-8-11-5-6-13(18)9-15(11)21-16/h3-9,17,20H,1-2H3. The third-order valence-corrected chi connectivity index (χ3v) is 4.77. The molecule has 0 saturated heterocycles. The fraction of sp³-hybridized carbons (Fsp3) is 0.176. The second-order valence-corrected chi connectivity index (χ2v) is 6.18. The van der Waals surface area contributed by atoms with Crippen molar-refractivity contribution in [3.8, 4) is 0 Å². The first kappa shape index (κ1) is 14.2. The van der Waals surface area contributed by atoms with Gasteiger partial charge >= 0.3 is 0 Å². The monoisotopic (exact) mass is 303 g/mol. The Morgan fingerprint density at radius 1 is 1.05 bits per heavy atom. The van der Waals surface area contributed by atoms with E-state index in [0.29, 0.717) is 5.56 Å². The van der Waals surface area contributed by atoms with E-state index in [2.05, 4.69) is 5.32 Å². The van der Waals surface area contributed by atoms with Gasteiger partial charge in [-0.05, 0) is 54.8 Å². The summed E-state index contributed by atoms with van der Waals surface area (Å²) in [4.78, 5) is 1.04. The average molecular weight is 303 g/mol. The van der Waals surface area contributed by atoms with Crippen molar-refractivity contribution in [1.82, 2.24) is 5.32 Å². The Balaban J connectivity index is 2.06. The molecule has 1 aromatic heterocycles. The number of aryl methyl sites for hydroxylation is 1. The Bertz CT molecular complexity index is 795.